The number of fused-ring (bicyclic) bond motifs is 1. The monoisotopic (exact) mass is 498 g/mol. The summed E-state index contributed by atoms with van der Waals surface area (Å²) in [4.78, 5) is 32.7. The molecule has 1 aliphatic rings. The molecule has 0 saturated carbocycles. The zero-order valence-corrected chi connectivity index (χ0v) is 19.7. The summed E-state index contributed by atoms with van der Waals surface area (Å²) in [6, 6.07) is 14.0. The number of carbonyl (C=O) groups is 2. The fourth-order valence-corrected chi connectivity index (χ4v) is 5.28. The summed E-state index contributed by atoms with van der Waals surface area (Å²) in [6.07, 6.45) is 0. The Bertz CT molecular complexity index is 1320. The minimum absolute atomic E-state index is 0.267. The van der Waals surface area contributed by atoms with E-state index in [1.54, 1.807) is 41.7 Å². The molecular weight excluding hydrogens is 480 g/mol. The molecule has 4 aromatic rings. The molecule has 2 aromatic carbocycles. The number of ether oxygens (including phenoxy) is 1. The van der Waals surface area contributed by atoms with Gasteiger partial charge in [-0.25, -0.2) is 4.98 Å². The van der Waals surface area contributed by atoms with Gasteiger partial charge in [0.2, 0.25) is 0 Å². The van der Waals surface area contributed by atoms with Crippen LogP contribution in [0.3, 0.4) is 0 Å². The summed E-state index contributed by atoms with van der Waals surface area (Å²) in [7, 11) is 0. The van der Waals surface area contributed by atoms with Gasteiger partial charge in [0, 0.05) is 24.3 Å². The van der Waals surface area contributed by atoms with Crippen molar-refractivity contribution in [2.75, 3.05) is 41.8 Å². The lowest BCUT2D eigenvalue weighted by Gasteiger charge is -2.25. The van der Waals surface area contributed by atoms with Gasteiger partial charge in [0.15, 0.2) is 5.13 Å². The van der Waals surface area contributed by atoms with Crippen LogP contribution in [0.5, 0.6) is 0 Å². The maximum atomic E-state index is 12.9. The van der Waals surface area contributed by atoms with Crippen molar-refractivity contribution in [2.45, 2.75) is 0 Å². The Morgan fingerprint density at radius 1 is 1.03 bits per heavy atom. The molecule has 1 saturated heterocycles. The van der Waals surface area contributed by atoms with Gasteiger partial charge in [-0.3, -0.25) is 9.59 Å². The number of carbonyl (C=O) groups excluding carboxylic acids is 2. The highest BCUT2D eigenvalue weighted by atomic mass is 35.5. The Hall–Kier alpha value is -2.98. The zero-order chi connectivity index (χ0) is 22.8. The van der Waals surface area contributed by atoms with E-state index in [0.29, 0.717) is 40.1 Å². The third kappa shape index (κ3) is 4.86. The second-order valence-electron chi connectivity index (χ2n) is 7.36. The molecule has 3 heterocycles. The predicted octanol–water partition coefficient (Wildman–Crippen LogP) is 5.35. The fourth-order valence-electron chi connectivity index (χ4n) is 3.44. The number of nitrogens with one attached hydrogen (secondary N) is 2. The van der Waals surface area contributed by atoms with Crippen LogP contribution in [0.1, 0.15) is 20.0 Å². The highest BCUT2D eigenvalue weighted by Crippen LogP contribution is 2.31. The number of halogens is 1. The molecular formula is C23H19ClN4O3S2. The van der Waals surface area contributed by atoms with Gasteiger partial charge in [0.1, 0.15) is 0 Å². The average molecular weight is 499 g/mol. The molecule has 7 nitrogen and oxygen atoms in total. The number of anilines is 3. The van der Waals surface area contributed by atoms with E-state index in [2.05, 4.69) is 15.5 Å². The van der Waals surface area contributed by atoms with E-state index in [1.165, 1.54) is 11.3 Å². The third-order valence-electron chi connectivity index (χ3n) is 5.14. The summed E-state index contributed by atoms with van der Waals surface area (Å²) in [5.74, 6) is -0.563. The van der Waals surface area contributed by atoms with Crippen LogP contribution >= 0.6 is 34.3 Å². The summed E-state index contributed by atoms with van der Waals surface area (Å²) >= 11 is 9.16. The molecule has 1 aliphatic heterocycles. The van der Waals surface area contributed by atoms with Gasteiger partial charge in [-0.15, -0.1) is 11.3 Å². The van der Waals surface area contributed by atoms with E-state index >= 15 is 0 Å². The van der Waals surface area contributed by atoms with Crippen LogP contribution in [-0.4, -0.2) is 43.1 Å². The molecule has 2 amide bonds. The molecule has 0 radical (unpaired) electrons. The number of thiophene rings is 1. The number of rotatable bonds is 5. The van der Waals surface area contributed by atoms with Crippen molar-refractivity contribution in [1.29, 1.82) is 0 Å². The molecule has 0 aliphatic carbocycles. The SMILES string of the molecule is O=C(Nc1ccc2nc(N3CCOCC3)sc2c1)c1ccc(Cl)c(NC(=O)c2cccs2)c1. The lowest BCUT2D eigenvalue weighted by molar-refractivity contribution is 0.101. The van der Waals surface area contributed by atoms with Gasteiger partial charge < -0.3 is 20.3 Å². The van der Waals surface area contributed by atoms with Crippen LogP contribution in [0.2, 0.25) is 5.02 Å². The Kier molecular flexibility index (Phi) is 6.28. The molecule has 0 unspecified atom stereocenters. The van der Waals surface area contributed by atoms with E-state index in [0.717, 1.165) is 28.4 Å². The van der Waals surface area contributed by atoms with Crippen molar-refractivity contribution in [1.82, 2.24) is 4.98 Å². The maximum Gasteiger partial charge on any atom is 0.265 e. The minimum atomic E-state index is -0.296. The lowest BCUT2D eigenvalue weighted by Crippen LogP contribution is -2.36. The van der Waals surface area contributed by atoms with Gasteiger partial charge in [-0.05, 0) is 47.8 Å². The lowest BCUT2D eigenvalue weighted by atomic mass is 10.1. The van der Waals surface area contributed by atoms with Crippen LogP contribution < -0.4 is 15.5 Å². The molecule has 10 heteroatoms. The molecule has 5 rings (SSSR count). The minimum Gasteiger partial charge on any atom is -0.378 e. The van der Waals surface area contributed by atoms with Gasteiger partial charge in [-0.2, -0.15) is 0 Å². The summed E-state index contributed by atoms with van der Waals surface area (Å²) in [5, 5.41) is 8.83. The van der Waals surface area contributed by atoms with Crippen LogP contribution in [0.25, 0.3) is 10.2 Å². The molecule has 0 atom stereocenters. The molecule has 2 N–H and O–H groups in total. The van der Waals surface area contributed by atoms with Gasteiger partial charge in [0.05, 0.1) is 39.0 Å². The second kappa shape index (κ2) is 9.48. The Morgan fingerprint density at radius 2 is 1.88 bits per heavy atom. The summed E-state index contributed by atoms with van der Waals surface area (Å²) < 4.78 is 6.41. The zero-order valence-electron chi connectivity index (χ0n) is 17.3. The maximum absolute atomic E-state index is 12.9. The summed E-state index contributed by atoms with van der Waals surface area (Å²) in [5.41, 5.74) is 2.34. The first-order valence-corrected chi connectivity index (χ1v) is 12.3. The van der Waals surface area contributed by atoms with Crippen molar-refractivity contribution < 1.29 is 14.3 Å². The van der Waals surface area contributed by atoms with Gasteiger partial charge in [-0.1, -0.05) is 29.0 Å². The molecule has 0 bridgehead atoms. The quantitative estimate of drug-likeness (QED) is 0.387. The van der Waals surface area contributed by atoms with Crippen molar-refractivity contribution >= 4 is 72.8 Å². The largest absolute Gasteiger partial charge is 0.378 e. The fraction of sp³-hybridized carbons (Fsp3) is 0.174. The van der Waals surface area contributed by atoms with Crippen LogP contribution in [0, 0.1) is 0 Å². The number of amides is 2. The number of hydrogen-bond acceptors (Lipinski definition) is 7. The van der Waals surface area contributed by atoms with Gasteiger partial charge in [0.25, 0.3) is 11.8 Å². The normalized spacial score (nSPS) is 13.8. The second-order valence-corrected chi connectivity index (χ2v) is 9.72. The van der Waals surface area contributed by atoms with Crippen molar-refractivity contribution in [2.24, 2.45) is 0 Å². The number of aromatic nitrogens is 1. The highest BCUT2D eigenvalue weighted by molar-refractivity contribution is 7.22. The van der Waals surface area contributed by atoms with E-state index < -0.39 is 0 Å². The van der Waals surface area contributed by atoms with Crippen molar-refractivity contribution in [3.05, 3.63) is 69.4 Å². The predicted molar refractivity (Wildman–Crippen MR) is 134 cm³/mol. The van der Waals surface area contributed by atoms with E-state index in [9.17, 15) is 9.59 Å². The molecule has 168 valence electrons. The van der Waals surface area contributed by atoms with Gasteiger partial charge >= 0.3 is 0 Å². The average Bonchev–Trinajstić information content (AvgIpc) is 3.51. The number of thiazole rings is 1. The van der Waals surface area contributed by atoms with E-state index in [1.807, 2.05) is 23.6 Å². The first-order chi connectivity index (χ1) is 16.1. The van der Waals surface area contributed by atoms with Crippen LogP contribution in [-0.2, 0) is 4.74 Å². The smallest absolute Gasteiger partial charge is 0.265 e. The molecule has 0 spiro atoms. The van der Waals surface area contributed by atoms with Crippen molar-refractivity contribution in [3.63, 3.8) is 0 Å². The Balaban J connectivity index is 1.32. The molecule has 2 aromatic heterocycles. The van der Waals surface area contributed by atoms with Crippen molar-refractivity contribution in [3.8, 4) is 0 Å². The number of nitrogens with zero attached hydrogens (tertiary/aromatic N) is 2. The van der Waals surface area contributed by atoms with Crippen LogP contribution in [0.4, 0.5) is 16.5 Å². The number of hydrogen-bond donors (Lipinski definition) is 2. The number of benzene rings is 2. The van der Waals surface area contributed by atoms with E-state index in [4.69, 9.17) is 21.3 Å². The summed E-state index contributed by atoms with van der Waals surface area (Å²) in [6.45, 7) is 3.05. The standard InChI is InChI=1S/C23H19ClN4O3S2/c24-16-5-3-14(12-18(16)26-22(30)19-2-1-11-32-19)21(29)25-15-4-6-17-20(13-15)33-23(27-17)28-7-9-31-10-8-28/h1-6,11-13H,7-10H2,(H,25,29)(H,26,30). The first-order valence-electron chi connectivity index (χ1n) is 10.3. The Labute approximate surface area is 203 Å². The Morgan fingerprint density at radius 3 is 2.67 bits per heavy atom. The van der Waals surface area contributed by atoms with Crippen LogP contribution in [0.15, 0.2) is 53.9 Å². The highest BCUT2D eigenvalue weighted by Gasteiger charge is 2.17. The third-order valence-corrected chi connectivity index (χ3v) is 7.42. The number of morpholine rings is 1. The molecule has 33 heavy (non-hydrogen) atoms. The first kappa shape index (κ1) is 21.8. The molecule has 1 fully saturated rings. The van der Waals surface area contributed by atoms with E-state index in [-0.39, 0.29) is 11.8 Å². The topological polar surface area (TPSA) is 83.6 Å².